The van der Waals surface area contributed by atoms with Crippen molar-refractivity contribution in [3.63, 3.8) is 0 Å². The molecule has 7 nitrogen and oxygen atoms in total. The second-order valence-electron chi connectivity index (χ2n) is 4.47. The Morgan fingerprint density at radius 3 is 2.45 bits per heavy atom. The Balaban J connectivity index is 2.84. The summed E-state index contributed by atoms with van der Waals surface area (Å²) in [5.74, 6) is 0.911. The summed E-state index contributed by atoms with van der Waals surface area (Å²) in [7, 11) is 0. The smallest absolute Gasteiger partial charge is 0.323 e. The summed E-state index contributed by atoms with van der Waals surface area (Å²) in [6.07, 6.45) is 2.65. The van der Waals surface area contributed by atoms with Crippen LogP contribution in [0.1, 0.15) is 40.0 Å². The van der Waals surface area contributed by atoms with Crippen LogP contribution < -0.4 is 15.4 Å². The number of rotatable bonds is 10. The highest BCUT2D eigenvalue weighted by Gasteiger charge is 2.11. The maximum absolute atomic E-state index is 9.23. The second kappa shape index (κ2) is 9.30. The molecule has 0 aromatic carbocycles. The molecule has 0 radical (unpaired) electrons. The maximum Gasteiger partial charge on any atom is 0.323 e. The fourth-order valence-electron chi connectivity index (χ4n) is 1.45. The number of anilines is 2. The molecule has 1 atom stereocenters. The molecule has 20 heavy (non-hydrogen) atoms. The Labute approximate surface area is 120 Å². The van der Waals surface area contributed by atoms with Crippen LogP contribution in [0.5, 0.6) is 6.01 Å². The molecule has 1 aromatic heterocycles. The van der Waals surface area contributed by atoms with Crippen molar-refractivity contribution in [2.24, 2.45) is 0 Å². The summed E-state index contributed by atoms with van der Waals surface area (Å²) >= 11 is 0. The van der Waals surface area contributed by atoms with E-state index < -0.39 is 0 Å². The van der Waals surface area contributed by atoms with Gasteiger partial charge in [-0.25, -0.2) is 0 Å². The van der Waals surface area contributed by atoms with Crippen LogP contribution >= 0.6 is 0 Å². The summed E-state index contributed by atoms with van der Waals surface area (Å²) in [6.45, 7) is 7.46. The van der Waals surface area contributed by atoms with E-state index in [0.29, 0.717) is 24.5 Å². The average molecular weight is 283 g/mol. The maximum atomic E-state index is 9.23. The molecule has 3 N–H and O–H groups in total. The van der Waals surface area contributed by atoms with Gasteiger partial charge in [-0.05, 0) is 19.3 Å². The monoisotopic (exact) mass is 283 g/mol. The molecule has 1 unspecified atom stereocenters. The van der Waals surface area contributed by atoms with Crippen LogP contribution in [0.2, 0.25) is 0 Å². The van der Waals surface area contributed by atoms with Gasteiger partial charge >= 0.3 is 6.01 Å². The van der Waals surface area contributed by atoms with Gasteiger partial charge in [-0.15, -0.1) is 0 Å². The summed E-state index contributed by atoms with van der Waals surface area (Å²) in [5, 5.41) is 15.4. The minimum atomic E-state index is -0.0737. The van der Waals surface area contributed by atoms with Gasteiger partial charge in [0.05, 0.1) is 19.3 Å². The molecule has 0 amide bonds. The van der Waals surface area contributed by atoms with Crippen molar-refractivity contribution >= 4 is 11.9 Å². The Morgan fingerprint density at radius 2 is 1.85 bits per heavy atom. The third kappa shape index (κ3) is 5.56. The van der Waals surface area contributed by atoms with Crippen LogP contribution in [0, 0.1) is 0 Å². The number of aliphatic hydroxyl groups excluding tert-OH is 1. The van der Waals surface area contributed by atoms with Gasteiger partial charge < -0.3 is 20.5 Å². The Bertz CT molecular complexity index is 359. The molecule has 0 aliphatic heterocycles. The third-order valence-electron chi connectivity index (χ3n) is 2.63. The fourth-order valence-corrected chi connectivity index (χ4v) is 1.45. The molecule has 114 valence electrons. The van der Waals surface area contributed by atoms with Crippen LogP contribution in [0.25, 0.3) is 0 Å². The molecule has 0 bridgehead atoms. The molecule has 0 saturated carbocycles. The zero-order valence-corrected chi connectivity index (χ0v) is 12.5. The van der Waals surface area contributed by atoms with E-state index in [4.69, 9.17) is 4.74 Å². The van der Waals surface area contributed by atoms with Crippen LogP contribution in [0.3, 0.4) is 0 Å². The molecule has 0 saturated heterocycles. The second-order valence-corrected chi connectivity index (χ2v) is 4.47. The number of aliphatic hydroxyl groups is 1. The topological polar surface area (TPSA) is 92.2 Å². The van der Waals surface area contributed by atoms with Gasteiger partial charge in [0.2, 0.25) is 11.9 Å². The first-order chi connectivity index (χ1) is 9.73. The lowest BCUT2D eigenvalue weighted by Gasteiger charge is -2.15. The van der Waals surface area contributed by atoms with E-state index in [1.807, 2.05) is 13.8 Å². The molecule has 0 aliphatic carbocycles. The minimum Gasteiger partial charge on any atom is -0.463 e. The van der Waals surface area contributed by atoms with E-state index in [-0.39, 0.29) is 12.6 Å². The van der Waals surface area contributed by atoms with Gasteiger partial charge in [-0.2, -0.15) is 15.0 Å². The van der Waals surface area contributed by atoms with Gasteiger partial charge in [0.1, 0.15) is 0 Å². The SMILES string of the molecule is CCCNc1nc(NC(CC)CO)nc(OCCC)n1. The van der Waals surface area contributed by atoms with Gasteiger partial charge in [0.15, 0.2) is 0 Å². The highest BCUT2D eigenvalue weighted by molar-refractivity contribution is 5.36. The first-order valence-corrected chi connectivity index (χ1v) is 7.23. The largest absolute Gasteiger partial charge is 0.463 e. The number of hydrogen-bond donors (Lipinski definition) is 3. The fraction of sp³-hybridized carbons (Fsp3) is 0.769. The normalized spacial score (nSPS) is 12.0. The Kier molecular flexibility index (Phi) is 7.64. The lowest BCUT2D eigenvalue weighted by molar-refractivity contribution is 0.270. The minimum absolute atomic E-state index is 0.0328. The predicted molar refractivity (Wildman–Crippen MR) is 79.2 cm³/mol. The summed E-state index contributed by atoms with van der Waals surface area (Å²) in [5.41, 5.74) is 0. The molecule has 0 spiro atoms. The number of hydrogen-bond acceptors (Lipinski definition) is 7. The van der Waals surface area contributed by atoms with Crippen molar-refractivity contribution < 1.29 is 9.84 Å². The Hall–Kier alpha value is -1.63. The lowest BCUT2D eigenvalue weighted by Crippen LogP contribution is -2.24. The molecule has 7 heteroatoms. The quantitative estimate of drug-likeness (QED) is 0.601. The summed E-state index contributed by atoms with van der Waals surface area (Å²) in [4.78, 5) is 12.7. The standard InChI is InChI=1S/C13H25N5O2/c1-4-7-14-11-16-12(15-10(6-3)9-19)18-13(17-11)20-8-5-2/h10,19H,4-9H2,1-3H3,(H2,14,15,16,17,18). The molecule has 1 heterocycles. The van der Waals surface area contributed by atoms with Crippen molar-refractivity contribution in [3.8, 4) is 6.01 Å². The van der Waals surface area contributed by atoms with E-state index in [1.54, 1.807) is 0 Å². The van der Waals surface area contributed by atoms with Crippen molar-refractivity contribution in [1.82, 2.24) is 15.0 Å². The number of nitrogens with zero attached hydrogens (tertiary/aromatic N) is 3. The van der Waals surface area contributed by atoms with Crippen molar-refractivity contribution in [1.29, 1.82) is 0 Å². The van der Waals surface area contributed by atoms with Gasteiger partial charge in [-0.3, -0.25) is 0 Å². The molecule has 1 aromatic rings. The van der Waals surface area contributed by atoms with Crippen LogP contribution in [-0.2, 0) is 0 Å². The lowest BCUT2D eigenvalue weighted by atomic mass is 10.2. The van der Waals surface area contributed by atoms with Crippen LogP contribution in [0.15, 0.2) is 0 Å². The van der Waals surface area contributed by atoms with E-state index in [2.05, 4.69) is 32.5 Å². The van der Waals surface area contributed by atoms with Crippen LogP contribution in [-0.4, -0.2) is 45.9 Å². The van der Waals surface area contributed by atoms with E-state index in [9.17, 15) is 5.11 Å². The zero-order chi connectivity index (χ0) is 14.8. The summed E-state index contributed by atoms with van der Waals surface area (Å²) in [6, 6.07) is 0.228. The van der Waals surface area contributed by atoms with E-state index in [1.165, 1.54) is 0 Å². The van der Waals surface area contributed by atoms with E-state index in [0.717, 1.165) is 25.8 Å². The van der Waals surface area contributed by atoms with Crippen molar-refractivity contribution in [2.75, 3.05) is 30.4 Å². The molecule has 0 fully saturated rings. The summed E-state index contributed by atoms with van der Waals surface area (Å²) < 4.78 is 5.46. The first-order valence-electron chi connectivity index (χ1n) is 7.23. The molecule has 1 rings (SSSR count). The van der Waals surface area contributed by atoms with Crippen molar-refractivity contribution in [3.05, 3.63) is 0 Å². The van der Waals surface area contributed by atoms with Gasteiger partial charge in [0, 0.05) is 6.54 Å². The average Bonchev–Trinajstić information content (AvgIpc) is 2.48. The number of ether oxygens (including phenoxy) is 1. The number of aromatic nitrogens is 3. The predicted octanol–water partition coefficient (Wildman–Crippen LogP) is 1.67. The molecular weight excluding hydrogens is 258 g/mol. The third-order valence-corrected chi connectivity index (χ3v) is 2.63. The van der Waals surface area contributed by atoms with Crippen molar-refractivity contribution in [2.45, 2.75) is 46.1 Å². The van der Waals surface area contributed by atoms with Crippen LogP contribution in [0.4, 0.5) is 11.9 Å². The molecule has 0 aliphatic rings. The number of nitrogens with one attached hydrogen (secondary N) is 2. The van der Waals surface area contributed by atoms with Gasteiger partial charge in [-0.1, -0.05) is 20.8 Å². The zero-order valence-electron chi connectivity index (χ0n) is 12.5. The Morgan fingerprint density at radius 1 is 1.10 bits per heavy atom. The molecular formula is C13H25N5O2. The highest BCUT2D eigenvalue weighted by Crippen LogP contribution is 2.13. The highest BCUT2D eigenvalue weighted by atomic mass is 16.5. The van der Waals surface area contributed by atoms with Gasteiger partial charge in [0.25, 0.3) is 0 Å². The first kappa shape index (κ1) is 16.4. The van der Waals surface area contributed by atoms with E-state index >= 15 is 0 Å².